The van der Waals surface area contributed by atoms with Crippen LogP contribution < -0.4 is 10.6 Å². The molecule has 0 aliphatic carbocycles. The molecule has 0 saturated carbocycles. The fourth-order valence-electron chi connectivity index (χ4n) is 4.30. The normalized spacial score (nSPS) is 19.8. The molecule has 28 heavy (non-hydrogen) atoms. The van der Waals surface area contributed by atoms with Gasteiger partial charge < -0.3 is 15.5 Å². The van der Waals surface area contributed by atoms with E-state index in [0.717, 1.165) is 37.1 Å². The van der Waals surface area contributed by atoms with E-state index in [-0.39, 0.29) is 23.8 Å². The number of hydrogen-bond acceptors (Lipinski definition) is 2. The fourth-order valence-corrected chi connectivity index (χ4v) is 4.30. The number of likely N-dealkylation sites (tertiary alicyclic amines) is 1. The first kappa shape index (κ1) is 18.7. The molecule has 0 unspecified atom stereocenters. The second-order valence-electron chi connectivity index (χ2n) is 7.98. The van der Waals surface area contributed by atoms with E-state index < -0.39 is 0 Å². The maximum atomic E-state index is 13.0. The zero-order valence-electron chi connectivity index (χ0n) is 16.4. The standard InChI is InChI=1S/C23H27N3O2/c1-16-5-4-8-20(13-16)25-22(27)17-9-11-26(12-10-17)23(28)21-14-18-6-2-3-7-19(18)15-24-21/h2-8,13,17,21,24H,9-12,14-15H2,1H3,(H,25,27)/p+1/t21-/m0/s1. The van der Waals surface area contributed by atoms with Crippen LogP contribution >= 0.6 is 0 Å². The van der Waals surface area contributed by atoms with Gasteiger partial charge in [0.25, 0.3) is 5.91 Å². The van der Waals surface area contributed by atoms with Gasteiger partial charge in [-0.25, -0.2) is 0 Å². The second kappa shape index (κ2) is 8.15. The molecule has 146 valence electrons. The van der Waals surface area contributed by atoms with Gasteiger partial charge in [-0.1, -0.05) is 36.4 Å². The topological polar surface area (TPSA) is 66.0 Å². The summed E-state index contributed by atoms with van der Waals surface area (Å²) in [6, 6.07) is 16.2. The summed E-state index contributed by atoms with van der Waals surface area (Å²) < 4.78 is 0. The molecule has 2 aliphatic rings. The SMILES string of the molecule is Cc1cccc(NC(=O)C2CCN(C(=O)[C@@H]3Cc4ccccc4C[NH2+]3)CC2)c1. The number of amides is 2. The predicted molar refractivity (Wildman–Crippen MR) is 109 cm³/mol. The summed E-state index contributed by atoms with van der Waals surface area (Å²) in [7, 11) is 0. The molecular formula is C23H28N3O2+. The first-order valence-electron chi connectivity index (χ1n) is 10.2. The molecule has 2 aromatic carbocycles. The van der Waals surface area contributed by atoms with Gasteiger partial charge in [-0.2, -0.15) is 0 Å². The maximum Gasteiger partial charge on any atom is 0.281 e. The number of nitrogens with zero attached hydrogens (tertiary/aromatic N) is 1. The van der Waals surface area contributed by atoms with Crippen molar-refractivity contribution in [1.29, 1.82) is 0 Å². The van der Waals surface area contributed by atoms with Crippen molar-refractivity contribution in [1.82, 2.24) is 4.90 Å². The molecule has 0 bridgehead atoms. The molecule has 0 radical (unpaired) electrons. The zero-order chi connectivity index (χ0) is 19.5. The number of carbonyl (C=O) groups is 2. The monoisotopic (exact) mass is 378 g/mol. The Hall–Kier alpha value is -2.66. The Bertz CT molecular complexity index is 872. The van der Waals surface area contributed by atoms with E-state index in [1.54, 1.807) is 0 Å². The fraction of sp³-hybridized carbons (Fsp3) is 0.391. The van der Waals surface area contributed by atoms with Crippen LogP contribution in [0.25, 0.3) is 0 Å². The molecule has 5 nitrogen and oxygen atoms in total. The van der Waals surface area contributed by atoms with Crippen molar-refractivity contribution in [2.45, 2.75) is 38.8 Å². The van der Waals surface area contributed by atoms with Crippen molar-refractivity contribution in [3.63, 3.8) is 0 Å². The number of rotatable bonds is 3. The van der Waals surface area contributed by atoms with E-state index in [0.29, 0.717) is 13.1 Å². The molecule has 5 heteroatoms. The molecule has 2 aromatic rings. The minimum Gasteiger partial charge on any atom is -0.337 e. The molecular weight excluding hydrogens is 350 g/mol. The van der Waals surface area contributed by atoms with Gasteiger partial charge in [0.2, 0.25) is 5.91 Å². The minimum atomic E-state index is -0.0347. The summed E-state index contributed by atoms with van der Waals surface area (Å²) in [5, 5.41) is 5.18. The molecule has 0 aromatic heterocycles. The third kappa shape index (κ3) is 4.09. The minimum absolute atomic E-state index is 0.0272. The van der Waals surface area contributed by atoms with Gasteiger partial charge in [0.15, 0.2) is 6.04 Å². The van der Waals surface area contributed by atoms with E-state index in [1.807, 2.05) is 42.2 Å². The molecule has 2 amide bonds. The van der Waals surface area contributed by atoms with Gasteiger partial charge in [-0.05, 0) is 43.0 Å². The van der Waals surface area contributed by atoms with Crippen LogP contribution in [-0.4, -0.2) is 35.8 Å². The van der Waals surface area contributed by atoms with Gasteiger partial charge in [-0.3, -0.25) is 9.59 Å². The van der Waals surface area contributed by atoms with Crippen molar-refractivity contribution < 1.29 is 14.9 Å². The molecule has 2 heterocycles. The number of quaternary nitrogens is 1. The van der Waals surface area contributed by atoms with Gasteiger partial charge >= 0.3 is 0 Å². The third-order valence-corrected chi connectivity index (χ3v) is 5.96. The Balaban J connectivity index is 1.30. The largest absolute Gasteiger partial charge is 0.337 e. The van der Waals surface area contributed by atoms with E-state index in [4.69, 9.17) is 0 Å². The van der Waals surface area contributed by atoms with E-state index >= 15 is 0 Å². The van der Waals surface area contributed by atoms with Gasteiger partial charge in [0.1, 0.15) is 6.54 Å². The highest BCUT2D eigenvalue weighted by Crippen LogP contribution is 2.21. The summed E-state index contributed by atoms with van der Waals surface area (Å²) >= 11 is 0. The van der Waals surface area contributed by atoms with Crippen LogP contribution in [0, 0.1) is 12.8 Å². The predicted octanol–water partition coefficient (Wildman–Crippen LogP) is 1.86. The van der Waals surface area contributed by atoms with Crippen LogP contribution in [0.2, 0.25) is 0 Å². The zero-order valence-corrected chi connectivity index (χ0v) is 16.4. The maximum absolute atomic E-state index is 13.0. The average molecular weight is 378 g/mol. The molecule has 4 rings (SSSR count). The number of carbonyl (C=O) groups excluding carboxylic acids is 2. The van der Waals surface area contributed by atoms with Crippen LogP contribution in [0.1, 0.15) is 29.5 Å². The lowest BCUT2D eigenvalue weighted by atomic mass is 9.92. The average Bonchev–Trinajstić information content (AvgIpc) is 2.73. The lowest BCUT2D eigenvalue weighted by Crippen LogP contribution is -2.93. The number of nitrogens with one attached hydrogen (secondary N) is 1. The van der Waals surface area contributed by atoms with E-state index in [1.165, 1.54) is 11.1 Å². The van der Waals surface area contributed by atoms with Crippen molar-refractivity contribution in [2.24, 2.45) is 5.92 Å². The first-order valence-corrected chi connectivity index (χ1v) is 10.2. The highest BCUT2D eigenvalue weighted by atomic mass is 16.2. The van der Waals surface area contributed by atoms with Crippen molar-refractivity contribution >= 4 is 17.5 Å². The van der Waals surface area contributed by atoms with Crippen molar-refractivity contribution in [3.05, 3.63) is 65.2 Å². The third-order valence-electron chi connectivity index (χ3n) is 5.96. The Morgan fingerprint density at radius 2 is 1.79 bits per heavy atom. The van der Waals surface area contributed by atoms with E-state index in [2.05, 4.69) is 28.8 Å². The Labute approximate surface area is 166 Å². The Kier molecular flexibility index (Phi) is 5.44. The first-order chi connectivity index (χ1) is 13.6. The van der Waals surface area contributed by atoms with Crippen LogP contribution in [0.5, 0.6) is 0 Å². The molecule has 2 aliphatic heterocycles. The van der Waals surface area contributed by atoms with E-state index in [9.17, 15) is 9.59 Å². The molecule has 1 atom stereocenters. The number of benzene rings is 2. The molecule has 3 N–H and O–H groups in total. The number of piperidine rings is 1. The van der Waals surface area contributed by atoms with Crippen molar-refractivity contribution in [3.8, 4) is 0 Å². The summed E-state index contributed by atoms with van der Waals surface area (Å²) in [6.45, 7) is 4.20. The molecule has 1 saturated heterocycles. The summed E-state index contributed by atoms with van der Waals surface area (Å²) in [5.74, 6) is 0.253. The lowest BCUT2D eigenvalue weighted by molar-refractivity contribution is -0.695. The summed E-state index contributed by atoms with van der Waals surface area (Å²) in [6.07, 6.45) is 2.25. The van der Waals surface area contributed by atoms with Crippen molar-refractivity contribution in [2.75, 3.05) is 18.4 Å². The van der Waals surface area contributed by atoms with Crippen LogP contribution in [0.3, 0.4) is 0 Å². The van der Waals surface area contributed by atoms with Gasteiger partial charge in [0, 0.05) is 36.7 Å². The number of hydrogen-bond donors (Lipinski definition) is 2. The number of nitrogens with two attached hydrogens (primary N) is 1. The van der Waals surface area contributed by atoms with Gasteiger partial charge in [-0.15, -0.1) is 0 Å². The van der Waals surface area contributed by atoms with Gasteiger partial charge in [0.05, 0.1) is 0 Å². The number of fused-ring (bicyclic) bond motifs is 1. The van der Waals surface area contributed by atoms with Crippen LogP contribution in [0.15, 0.2) is 48.5 Å². The number of aryl methyl sites for hydroxylation is 1. The Morgan fingerprint density at radius 1 is 1.04 bits per heavy atom. The summed E-state index contributed by atoms with van der Waals surface area (Å²) in [5.41, 5.74) is 4.59. The quantitative estimate of drug-likeness (QED) is 0.856. The van der Waals surface area contributed by atoms with Crippen LogP contribution in [0.4, 0.5) is 5.69 Å². The number of anilines is 1. The summed E-state index contributed by atoms with van der Waals surface area (Å²) in [4.78, 5) is 27.5. The molecule has 1 fully saturated rings. The van der Waals surface area contributed by atoms with Crippen LogP contribution in [-0.2, 0) is 22.6 Å². The second-order valence-corrected chi connectivity index (χ2v) is 7.98. The lowest BCUT2D eigenvalue weighted by Gasteiger charge is -2.34. The Morgan fingerprint density at radius 3 is 2.54 bits per heavy atom. The highest BCUT2D eigenvalue weighted by Gasteiger charge is 2.34. The smallest absolute Gasteiger partial charge is 0.281 e. The molecule has 0 spiro atoms. The highest BCUT2D eigenvalue weighted by molar-refractivity contribution is 5.93.